The molecular weight excluding hydrogens is 214 g/mol. The molecule has 0 aliphatic heterocycles. The number of hydrogen-bond donors (Lipinski definition) is 2. The fourth-order valence-corrected chi connectivity index (χ4v) is 1.73. The SMILES string of the molecule is O=C(CS)NCc1ccsc1Cl. The van der Waals surface area contributed by atoms with Gasteiger partial charge < -0.3 is 5.32 Å². The van der Waals surface area contributed by atoms with Crippen LogP contribution in [0.3, 0.4) is 0 Å². The molecule has 0 saturated heterocycles. The van der Waals surface area contributed by atoms with Gasteiger partial charge in [-0.05, 0) is 11.4 Å². The van der Waals surface area contributed by atoms with Crippen molar-refractivity contribution >= 4 is 41.5 Å². The predicted octanol–water partition coefficient (Wildman–Crippen LogP) is 1.95. The maximum atomic E-state index is 10.8. The molecule has 1 aromatic heterocycles. The smallest absolute Gasteiger partial charge is 0.229 e. The van der Waals surface area contributed by atoms with E-state index in [1.165, 1.54) is 11.3 Å². The Morgan fingerprint density at radius 1 is 1.75 bits per heavy atom. The van der Waals surface area contributed by atoms with Crippen LogP contribution in [0.5, 0.6) is 0 Å². The third-order valence-corrected chi connectivity index (χ3v) is 2.85. The third-order valence-electron chi connectivity index (χ3n) is 1.31. The van der Waals surface area contributed by atoms with Crippen molar-refractivity contribution in [2.24, 2.45) is 0 Å². The van der Waals surface area contributed by atoms with Gasteiger partial charge in [-0.25, -0.2) is 0 Å². The standard InChI is InChI=1S/C7H8ClNOS2/c8-7-5(1-2-12-7)3-9-6(10)4-11/h1-2,11H,3-4H2,(H,9,10). The monoisotopic (exact) mass is 221 g/mol. The average molecular weight is 222 g/mol. The van der Waals surface area contributed by atoms with Crippen LogP contribution in [0.1, 0.15) is 5.56 Å². The number of rotatable bonds is 3. The van der Waals surface area contributed by atoms with E-state index in [0.717, 1.165) is 9.90 Å². The summed E-state index contributed by atoms with van der Waals surface area (Å²) >= 11 is 11.1. The Bertz CT molecular complexity index is 274. The summed E-state index contributed by atoms with van der Waals surface area (Å²) < 4.78 is 0.731. The summed E-state index contributed by atoms with van der Waals surface area (Å²) in [4.78, 5) is 10.8. The van der Waals surface area contributed by atoms with E-state index >= 15 is 0 Å². The van der Waals surface area contributed by atoms with E-state index in [4.69, 9.17) is 11.6 Å². The van der Waals surface area contributed by atoms with Crippen molar-refractivity contribution in [2.45, 2.75) is 6.54 Å². The molecule has 0 aliphatic carbocycles. The molecular formula is C7H8ClNOS2. The summed E-state index contributed by atoms with van der Waals surface area (Å²) in [7, 11) is 0. The minimum absolute atomic E-state index is 0.0828. The van der Waals surface area contributed by atoms with Crippen molar-refractivity contribution < 1.29 is 4.79 Å². The highest BCUT2D eigenvalue weighted by Crippen LogP contribution is 2.22. The van der Waals surface area contributed by atoms with E-state index in [1.807, 2.05) is 11.4 Å². The van der Waals surface area contributed by atoms with Gasteiger partial charge in [0, 0.05) is 12.1 Å². The summed E-state index contributed by atoms with van der Waals surface area (Å²) in [5.41, 5.74) is 0.955. The number of carbonyl (C=O) groups is 1. The Balaban J connectivity index is 2.43. The van der Waals surface area contributed by atoms with Crippen LogP contribution < -0.4 is 5.32 Å². The molecule has 1 heterocycles. The van der Waals surface area contributed by atoms with Gasteiger partial charge in [0.1, 0.15) is 0 Å². The minimum Gasteiger partial charge on any atom is -0.351 e. The summed E-state index contributed by atoms with van der Waals surface area (Å²) in [6.45, 7) is 0.488. The number of halogens is 1. The first-order valence-corrected chi connectivity index (χ1v) is 5.22. The maximum Gasteiger partial charge on any atom is 0.229 e. The highest BCUT2D eigenvalue weighted by Gasteiger charge is 2.02. The van der Waals surface area contributed by atoms with E-state index in [2.05, 4.69) is 17.9 Å². The molecule has 5 heteroatoms. The van der Waals surface area contributed by atoms with Crippen molar-refractivity contribution in [3.8, 4) is 0 Å². The number of thiophene rings is 1. The fraction of sp³-hybridized carbons (Fsp3) is 0.286. The van der Waals surface area contributed by atoms with Crippen LogP contribution in [0, 0.1) is 0 Å². The molecule has 1 amide bonds. The largest absolute Gasteiger partial charge is 0.351 e. The van der Waals surface area contributed by atoms with E-state index in [0.29, 0.717) is 6.54 Å². The van der Waals surface area contributed by atoms with Gasteiger partial charge in [-0.2, -0.15) is 12.6 Å². The molecule has 0 unspecified atom stereocenters. The minimum atomic E-state index is -0.0828. The summed E-state index contributed by atoms with van der Waals surface area (Å²) in [6, 6.07) is 1.89. The quantitative estimate of drug-likeness (QED) is 0.751. The Morgan fingerprint density at radius 3 is 3.00 bits per heavy atom. The summed E-state index contributed by atoms with van der Waals surface area (Å²) in [5.74, 6) is 0.127. The van der Waals surface area contributed by atoms with Gasteiger partial charge in [0.25, 0.3) is 0 Å². The van der Waals surface area contributed by atoms with Crippen LogP contribution >= 0.6 is 35.6 Å². The van der Waals surface area contributed by atoms with Crippen molar-refractivity contribution in [3.63, 3.8) is 0 Å². The Hall–Kier alpha value is -0.190. The van der Waals surface area contributed by atoms with E-state index in [1.54, 1.807) is 0 Å². The molecule has 0 bridgehead atoms. The van der Waals surface area contributed by atoms with Crippen LogP contribution in [-0.4, -0.2) is 11.7 Å². The zero-order chi connectivity index (χ0) is 8.97. The molecule has 0 fully saturated rings. The Labute approximate surface area is 85.3 Å². The number of nitrogens with one attached hydrogen (secondary N) is 1. The highest BCUT2D eigenvalue weighted by molar-refractivity contribution is 7.81. The number of thiol groups is 1. The molecule has 0 radical (unpaired) electrons. The van der Waals surface area contributed by atoms with Gasteiger partial charge in [0.2, 0.25) is 5.91 Å². The first-order valence-electron chi connectivity index (χ1n) is 3.33. The predicted molar refractivity (Wildman–Crippen MR) is 55.0 cm³/mol. The van der Waals surface area contributed by atoms with Crippen molar-refractivity contribution in [1.82, 2.24) is 5.32 Å². The molecule has 1 aromatic rings. The lowest BCUT2D eigenvalue weighted by Gasteiger charge is -2.00. The lowest BCUT2D eigenvalue weighted by molar-refractivity contribution is -0.118. The molecule has 1 N–H and O–H groups in total. The number of hydrogen-bond acceptors (Lipinski definition) is 3. The van der Waals surface area contributed by atoms with E-state index in [-0.39, 0.29) is 11.7 Å². The van der Waals surface area contributed by atoms with E-state index in [9.17, 15) is 4.79 Å². The van der Waals surface area contributed by atoms with E-state index < -0.39 is 0 Å². The van der Waals surface area contributed by atoms with Gasteiger partial charge in [-0.15, -0.1) is 11.3 Å². The molecule has 0 spiro atoms. The van der Waals surface area contributed by atoms with Crippen LogP contribution in [-0.2, 0) is 11.3 Å². The van der Waals surface area contributed by atoms with Gasteiger partial charge in [-0.3, -0.25) is 4.79 Å². The van der Waals surface area contributed by atoms with Crippen molar-refractivity contribution in [1.29, 1.82) is 0 Å². The first-order chi connectivity index (χ1) is 5.74. The number of carbonyl (C=O) groups excluding carboxylic acids is 1. The van der Waals surface area contributed by atoms with Gasteiger partial charge >= 0.3 is 0 Å². The lowest BCUT2D eigenvalue weighted by Crippen LogP contribution is -2.23. The molecule has 2 nitrogen and oxygen atoms in total. The van der Waals surface area contributed by atoms with Crippen molar-refractivity contribution in [3.05, 3.63) is 21.3 Å². The second-order valence-electron chi connectivity index (χ2n) is 2.15. The van der Waals surface area contributed by atoms with Crippen molar-refractivity contribution in [2.75, 3.05) is 5.75 Å². The maximum absolute atomic E-state index is 10.8. The lowest BCUT2D eigenvalue weighted by atomic mass is 10.3. The summed E-state index contributed by atoms with van der Waals surface area (Å²) in [6.07, 6.45) is 0. The molecule has 0 atom stereocenters. The normalized spacial score (nSPS) is 9.83. The molecule has 0 aliphatic rings. The molecule has 0 saturated carbocycles. The first kappa shape index (κ1) is 9.89. The van der Waals surface area contributed by atoms with Gasteiger partial charge in [-0.1, -0.05) is 11.6 Å². The van der Waals surface area contributed by atoms with Crippen LogP contribution in [0.15, 0.2) is 11.4 Å². The second-order valence-corrected chi connectivity index (χ2v) is 3.99. The molecule has 1 rings (SSSR count). The Morgan fingerprint density at radius 2 is 2.50 bits per heavy atom. The zero-order valence-electron chi connectivity index (χ0n) is 6.21. The fourth-order valence-electron chi connectivity index (χ4n) is 0.695. The average Bonchev–Trinajstić information content (AvgIpc) is 2.47. The van der Waals surface area contributed by atoms with Crippen LogP contribution in [0.25, 0.3) is 0 Å². The van der Waals surface area contributed by atoms with Crippen LogP contribution in [0.2, 0.25) is 4.34 Å². The second kappa shape index (κ2) is 4.74. The zero-order valence-corrected chi connectivity index (χ0v) is 8.68. The van der Waals surface area contributed by atoms with Gasteiger partial charge in [0.15, 0.2) is 0 Å². The Kier molecular flexibility index (Phi) is 3.91. The number of amides is 1. The topological polar surface area (TPSA) is 29.1 Å². The third kappa shape index (κ3) is 2.69. The van der Waals surface area contributed by atoms with Crippen LogP contribution in [0.4, 0.5) is 0 Å². The molecule has 12 heavy (non-hydrogen) atoms. The highest BCUT2D eigenvalue weighted by atomic mass is 35.5. The van der Waals surface area contributed by atoms with Gasteiger partial charge in [0.05, 0.1) is 10.1 Å². The molecule has 0 aromatic carbocycles. The summed E-state index contributed by atoms with van der Waals surface area (Å²) in [5, 5.41) is 4.58. The molecule has 66 valence electrons.